The molecule has 1 saturated heterocycles. The molecule has 5 nitrogen and oxygen atoms in total. The van der Waals surface area contributed by atoms with Gasteiger partial charge in [0.25, 0.3) is 5.91 Å². The first-order valence-corrected chi connectivity index (χ1v) is 11.8. The molecule has 8 heteroatoms. The van der Waals surface area contributed by atoms with Gasteiger partial charge in [-0.05, 0) is 60.9 Å². The zero-order valence-corrected chi connectivity index (χ0v) is 20.3. The Labute approximate surface area is 209 Å². The number of halogens is 3. The fraction of sp³-hybridized carbons (Fsp3) is 0.321. The van der Waals surface area contributed by atoms with Crippen LogP contribution in [-0.4, -0.2) is 44.2 Å². The average Bonchev–Trinajstić information content (AvgIpc) is 2.89. The van der Waals surface area contributed by atoms with Gasteiger partial charge in [-0.3, -0.25) is 9.69 Å². The summed E-state index contributed by atoms with van der Waals surface area (Å²) in [5, 5.41) is 0. The third-order valence-electron chi connectivity index (χ3n) is 6.53. The molecule has 1 aliphatic heterocycles. The Hall–Kier alpha value is -3.52. The Morgan fingerprint density at radius 3 is 2.22 bits per heavy atom. The molecule has 0 radical (unpaired) electrons. The lowest BCUT2D eigenvalue weighted by Gasteiger charge is -2.39. The lowest BCUT2D eigenvalue weighted by molar-refractivity contribution is -0.138. The highest BCUT2D eigenvalue weighted by Gasteiger charge is 2.34. The normalized spacial score (nSPS) is 14.9. The minimum atomic E-state index is -4.39. The van der Waals surface area contributed by atoms with Crippen molar-refractivity contribution in [2.24, 2.45) is 0 Å². The molecule has 0 bridgehead atoms. The maximum absolute atomic E-state index is 13.7. The number of piperidine rings is 1. The summed E-state index contributed by atoms with van der Waals surface area (Å²) in [5.74, 6) is 1.15. The highest BCUT2D eigenvalue weighted by Crippen LogP contribution is 2.34. The second-order valence-corrected chi connectivity index (χ2v) is 8.77. The number of likely N-dealkylation sites (tertiary alicyclic amines) is 1. The third kappa shape index (κ3) is 5.82. The number of carbonyl (C=O) groups is 1. The van der Waals surface area contributed by atoms with Gasteiger partial charge in [0, 0.05) is 43.0 Å². The van der Waals surface area contributed by atoms with Crippen molar-refractivity contribution in [3.05, 3.63) is 89.5 Å². The molecular weight excluding hydrogens is 469 g/mol. The highest BCUT2D eigenvalue weighted by atomic mass is 19.4. The van der Waals surface area contributed by atoms with Crippen LogP contribution in [0.1, 0.15) is 34.3 Å². The molecule has 0 aliphatic carbocycles. The van der Waals surface area contributed by atoms with E-state index < -0.39 is 11.7 Å². The summed E-state index contributed by atoms with van der Waals surface area (Å²) in [7, 11) is 3.15. The number of anilines is 1. The maximum atomic E-state index is 13.7. The van der Waals surface area contributed by atoms with Crippen molar-refractivity contribution in [1.29, 1.82) is 0 Å². The third-order valence-corrected chi connectivity index (χ3v) is 6.53. The predicted molar refractivity (Wildman–Crippen MR) is 133 cm³/mol. The van der Waals surface area contributed by atoms with Gasteiger partial charge in [0.05, 0.1) is 19.8 Å². The number of benzene rings is 3. The van der Waals surface area contributed by atoms with E-state index in [1.54, 1.807) is 49.5 Å². The van der Waals surface area contributed by atoms with Crippen LogP contribution in [0.2, 0.25) is 0 Å². The molecule has 0 atom stereocenters. The van der Waals surface area contributed by atoms with Gasteiger partial charge in [-0.15, -0.1) is 0 Å². The van der Waals surface area contributed by atoms with Gasteiger partial charge in [-0.1, -0.05) is 24.3 Å². The number of carbonyl (C=O) groups excluding carboxylic acids is 1. The Morgan fingerprint density at radius 2 is 1.58 bits per heavy atom. The molecule has 1 fully saturated rings. The topological polar surface area (TPSA) is 42.0 Å². The minimum Gasteiger partial charge on any atom is -0.497 e. The molecule has 3 aromatic rings. The van der Waals surface area contributed by atoms with E-state index in [1.165, 1.54) is 12.1 Å². The van der Waals surface area contributed by atoms with Gasteiger partial charge >= 0.3 is 6.18 Å². The first kappa shape index (κ1) is 25.6. The monoisotopic (exact) mass is 498 g/mol. The van der Waals surface area contributed by atoms with Crippen LogP contribution in [0.15, 0.2) is 72.8 Å². The lowest BCUT2D eigenvalue weighted by Crippen LogP contribution is -2.47. The first-order valence-electron chi connectivity index (χ1n) is 11.8. The standard InChI is InChI=1S/C28H29F3N2O3/c1-35-24-12-10-20(11-13-24)27(34)33(23-7-5-8-25(18-23)36-2)22-14-16-32(17-15-22)19-21-6-3-4-9-26(21)28(29,30)31/h3-13,18,22H,14-17,19H2,1-2H3. The number of hydrogen-bond acceptors (Lipinski definition) is 4. The molecule has 3 aromatic carbocycles. The number of methoxy groups -OCH3 is 2. The predicted octanol–water partition coefficient (Wildman–Crippen LogP) is 6.03. The molecule has 190 valence electrons. The Balaban J connectivity index is 1.54. The smallest absolute Gasteiger partial charge is 0.416 e. The second kappa shape index (κ2) is 11.0. The van der Waals surface area contributed by atoms with E-state index in [2.05, 4.69) is 0 Å². The summed E-state index contributed by atoms with van der Waals surface area (Å²) in [5.41, 5.74) is 0.915. The molecule has 0 spiro atoms. The SMILES string of the molecule is COc1ccc(C(=O)N(c2cccc(OC)c2)C2CCN(Cc3ccccc3C(F)(F)F)CC2)cc1. The molecule has 0 unspecified atom stereocenters. The Morgan fingerprint density at radius 1 is 0.917 bits per heavy atom. The molecule has 1 amide bonds. The highest BCUT2D eigenvalue weighted by molar-refractivity contribution is 6.06. The van der Waals surface area contributed by atoms with Crippen LogP contribution in [0.3, 0.4) is 0 Å². The van der Waals surface area contributed by atoms with E-state index in [4.69, 9.17) is 9.47 Å². The molecule has 0 aromatic heterocycles. The summed E-state index contributed by atoms with van der Waals surface area (Å²) in [6.45, 7) is 1.37. The summed E-state index contributed by atoms with van der Waals surface area (Å²) in [6, 6.07) is 19.9. The van der Waals surface area contributed by atoms with Crippen molar-refractivity contribution in [3.8, 4) is 11.5 Å². The van der Waals surface area contributed by atoms with E-state index in [-0.39, 0.29) is 24.1 Å². The first-order chi connectivity index (χ1) is 17.3. The van der Waals surface area contributed by atoms with Crippen molar-refractivity contribution >= 4 is 11.6 Å². The van der Waals surface area contributed by atoms with Gasteiger partial charge in [0.2, 0.25) is 0 Å². The zero-order valence-electron chi connectivity index (χ0n) is 20.3. The minimum absolute atomic E-state index is 0.110. The maximum Gasteiger partial charge on any atom is 0.416 e. The molecule has 36 heavy (non-hydrogen) atoms. The van der Waals surface area contributed by atoms with Crippen molar-refractivity contribution in [3.63, 3.8) is 0 Å². The Kier molecular flexibility index (Phi) is 7.84. The fourth-order valence-electron chi connectivity index (χ4n) is 4.64. The van der Waals surface area contributed by atoms with Crippen LogP contribution < -0.4 is 14.4 Å². The largest absolute Gasteiger partial charge is 0.497 e. The quantitative estimate of drug-likeness (QED) is 0.399. The van der Waals surface area contributed by atoms with Gasteiger partial charge < -0.3 is 14.4 Å². The van der Waals surface area contributed by atoms with Crippen molar-refractivity contribution in [2.75, 3.05) is 32.2 Å². The summed E-state index contributed by atoms with van der Waals surface area (Å²) in [4.78, 5) is 17.5. The van der Waals surface area contributed by atoms with E-state index >= 15 is 0 Å². The van der Waals surface area contributed by atoms with Crippen LogP contribution in [0.4, 0.5) is 18.9 Å². The average molecular weight is 499 g/mol. The van der Waals surface area contributed by atoms with Crippen molar-refractivity contribution in [2.45, 2.75) is 31.6 Å². The number of nitrogens with zero attached hydrogens (tertiary/aromatic N) is 2. The molecule has 0 saturated carbocycles. The molecule has 0 N–H and O–H groups in total. The van der Waals surface area contributed by atoms with Crippen LogP contribution in [0.5, 0.6) is 11.5 Å². The van der Waals surface area contributed by atoms with Crippen molar-refractivity contribution in [1.82, 2.24) is 4.90 Å². The second-order valence-electron chi connectivity index (χ2n) is 8.77. The summed E-state index contributed by atoms with van der Waals surface area (Å²) < 4.78 is 50.9. The van der Waals surface area contributed by atoms with E-state index in [0.717, 1.165) is 11.8 Å². The summed E-state index contributed by atoms with van der Waals surface area (Å²) >= 11 is 0. The Bertz CT molecular complexity index is 1170. The fourth-order valence-corrected chi connectivity index (χ4v) is 4.64. The van der Waals surface area contributed by atoms with Gasteiger partial charge in [-0.25, -0.2) is 0 Å². The van der Waals surface area contributed by atoms with Gasteiger partial charge in [0.1, 0.15) is 11.5 Å². The van der Waals surface area contributed by atoms with E-state index in [9.17, 15) is 18.0 Å². The van der Waals surface area contributed by atoms with Crippen molar-refractivity contribution < 1.29 is 27.4 Å². The van der Waals surface area contributed by atoms with Crippen LogP contribution in [0.25, 0.3) is 0 Å². The van der Waals surface area contributed by atoms with Crippen LogP contribution in [-0.2, 0) is 12.7 Å². The van der Waals surface area contributed by atoms with E-state index in [0.29, 0.717) is 43.0 Å². The van der Waals surface area contributed by atoms with Gasteiger partial charge in [0.15, 0.2) is 0 Å². The number of hydrogen-bond donors (Lipinski definition) is 0. The zero-order chi connectivity index (χ0) is 25.7. The van der Waals surface area contributed by atoms with Crippen LogP contribution in [0, 0.1) is 0 Å². The molecule has 4 rings (SSSR count). The van der Waals surface area contributed by atoms with Crippen LogP contribution >= 0.6 is 0 Å². The number of rotatable bonds is 7. The molecule has 1 aliphatic rings. The molecular formula is C28H29F3N2O3. The van der Waals surface area contributed by atoms with Gasteiger partial charge in [-0.2, -0.15) is 13.2 Å². The number of amides is 1. The van der Waals surface area contributed by atoms with E-state index in [1.807, 2.05) is 29.2 Å². The molecule has 1 heterocycles. The number of alkyl halides is 3. The number of ether oxygens (including phenoxy) is 2. The lowest BCUT2D eigenvalue weighted by atomic mass is 9.99. The summed E-state index contributed by atoms with van der Waals surface area (Å²) in [6.07, 6.45) is -3.12.